The van der Waals surface area contributed by atoms with Crippen LogP contribution in [0.4, 0.5) is 0 Å². The zero-order valence-corrected chi connectivity index (χ0v) is 15.2. The van der Waals surface area contributed by atoms with Gasteiger partial charge in [-0.25, -0.2) is 0 Å². The van der Waals surface area contributed by atoms with Gasteiger partial charge in [-0.2, -0.15) is 0 Å². The van der Waals surface area contributed by atoms with Gasteiger partial charge in [-0.1, -0.05) is 24.3 Å². The first-order chi connectivity index (χ1) is 12.2. The van der Waals surface area contributed by atoms with Crippen LogP contribution in [0.2, 0.25) is 0 Å². The van der Waals surface area contributed by atoms with Crippen LogP contribution in [-0.4, -0.2) is 23.5 Å². The molecule has 132 valence electrons. The van der Waals surface area contributed by atoms with Gasteiger partial charge in [-0.05, 0) is 66.4 Å². The number of thiophene rings is 1. The van der Waals surface area contributed by atoms with Crippen molar-refractivity contribution < 1.29 is 4.79 Å². The van der Waals surface area contributed by atoms with Crippen LogP contribution in [0.15, 0.2) is 41.8 Å². The fraction of sp³-hybridized carbons (Fsp3) is 0.350. The summed E-state index contributed by atoms with van der Waals surface area (Å²) in [7, 11) is 0. The molecule has 1 aromatic carbocycles. The van der Waals surface area contributed by atoms with Crippen molar-refractivity contribution in [3.8, 4) is 0 Å². The first kappa shape index (κ1) is 17.9. The molecule has 1 heterocycles. The van der Waals surface area contributed by atoms with Crippen molar-refractivity contribution in [2.24, 2.45) is 11.5 Å². The van der Waals surface area contributed by atoms with Crippen LogP contribution in [0, 0.1) is 0 Å². The second kappa shape index (κ2) is 8.43. The molecule has 1 aliphatic carbocycles. The number of aryl methyl sites for hydroxylation is 2. The minimum Gasteiger partial charge on any atom is -0.330 e. The number of carbonyl (C=O) groups excluding carboxylic acids is 1. The third-order valence-corrected chi connectivity index (χ3v) is 5.45. The molecular formula is C20H25N3OS. The summed E-state index contributed by atoms with van der Waals surface area (Å²) in [6.45, 7) is 0.982. The lowest BCUT2D eigenvalue weighted by Crippen LogP contribution is -2.45. The summed E-state index contributed by atoms with van der Waals surface area (Å²) in [5, 5.41) is 2.01. The van der Waals surface area contributed by atoms with Crippen LogP contribution in [0.25, 0.3) is 6.08 Å². The van der Waals surface area contributed by atoms with Gasteiger partial charge in [0.15, 0.2) is 0 Å². The summed E-state index contributed by atoms with van der Waals surface area (Å²) in [4.78, 5) is 15.5. The predicted octanol–water partition coefficient (Wildman–Crippen LogP) is 2.91. The molecule has 25 heavy (non-hydrogen) atoms. The van der Waals surface area contributed by atoms with E-state index in [9.17, 15) is 4.79 Å². The molecule has 0 aliphatic heterocycles. The molecule has 1 unspecified atom stereocenters. The number of nitrogens with zero attached hydrogens (tertiary/aromatic N) is 1. The van der Waals surface area contributed by atoms with Crippen LogP contribution in [0.5, 0.6) is 0 Å². The smallest absolute Gasteiger partial charge is 0.248 e. The molecule has 4 nitrogen and oxygen atoms in total. The molecule has 0 saturated carbocycles. The Morgan fingerprint density at radius 1 is 1.28 bits per heavy atom. The highest BCUT2D eigenvalue weighted by Gasteiger charge is 2.19. The lowest BCUT2D eigenvalue weighted by molar-refractivity contribution is -0.128. The maximum atomic E-state index is 12.7. The van der Waals surface area contributed by atoms with Crippen molar-refractivity contribution in [3.63, 3.8) is 0 Å². The first-order valence-electron chi connectivity index (χ1n) is 8.76. The maximum absolute atomic E-state index is 12.7. The molecule has 1 amide bonds. The summed E-state index contributed by atoms with van der Waals surface area (Å²) in [5.41, 5.74) is 15.7. The summed E-state index contributed by atoms with van der Waals surface area (Å²) in [5.74, 6) is -0.0742. The Morgan fingerprint density at radius 2 is 2.12 bits per heavy atom. The van der Waals surface area contributed by atoms with E-state index in [1.807, 2.05) is 23.6 Å². The van der Waals surface area contributed by atoms with E-state index in [0.717, 1.165) is 16.9 Å². The second-order valence-electron chi connectivity index (χ2n) is 6.41. The third-order valence-electron chi connectivity index (χ3n) is 4.59. The van der Waals surface area contributed by atoms with E-state index in [2.05, 4.69) is 18.2 Å². The van der Waals surface area contributed by atoms with Crippen molar-refractivity contribution in [1.29, 1.82) is 0 Å². The van der Waals surface area contributed by atoms with Gasteiger partial charge in [0, 0.05) is 11.0 Å². The molecule has 0 bridgehead atoms. The molecule has 0 radical (unpaired) electrons. The highest BCUT2D eigenvalue weighted by atomic mass is 32.1. The van der Waals surface area contributed by atoms with E-state index in [1.165, 1.54) is 24.0 Å². The molecule has 4 N–H and O–H groups in total. The molecule has 1 aliphatic rings. The lowest BCUT2D eigenvalue weighted by Gasteiger charge is -2.27. The normalized spacial score (nSPS) is 14.6. The van der Waals surface area contributed by atoms with Crippen LogP contribution in [0.3, 0.4) is 0 Å². The standard InChI is InChI=1S/C20H25N3OS/c21-11-10-19(22)23(14-18-5-2-12-25-18)20(24)9-7-15-6-8-16-3-1-4-17(16)13-15/h2,5-9,12-13,19H,1,3-4,10-11,14,21-22H2/b9-7+. The number of nitrogens with two attached hydrogens (primary N) is 2. The van der Waals surface area contributed by atoms with Crippen molar-refractivity contribution in [3.05, 3.63) is 63.4 Å². The molecule has 0 spiro atoms. The van der Waals surface area contributed by atoms with Crippen molar-refractivity contribution in [2.75, 3.05) is 6.54 Å². The van der Waals surface area contributed by atoms with Gasteiger partial charge in [0.1, 0.15) is 0 Å². The highest BCUT2D eigenvalue weighted by Crippen LogP contribution is 2.23. The maximum Gasteiger partial charge on any atom is 0.248 e. The molecule has 2 aromatic rings. The molecule has 0 fully saturated rings. The van der Waals surface area contributed by atoms with E-state index >= 15 is 0 Å². The average molecular weight is 356 g/mol. The lowest BCUT2D eigenvalue weighted by atomic mass is 10.1. The highest BCUT2D eigenvalue weighted by molar-refractivity contribution is 7.09. The largest absolute Gasteiger partial charge is 0.330 e. The molecule has 1 atom stereocenters. The quantitative estimate of drug-likeness (QED) is 0.592. The number of benzene rings is 1. The summed E-state index contributed by atoms with van der Waals surface area (Å²) in [6, 6.07) is 10.4. The average Bonchev–Trinajstić information content (AvgIpc) is 3.28. The van der Waals surface area contributed by atoms with Crippen LogP contribution < -0.4 is 11.5 Å². The molecule has 3 rings (SSSR count). The SMILES string of the molecule is NCCC(N)N(Cc1cccs1)C(=O)/C=C/c1ccc2c(c1)CCC2. The molecule has 0 saturated heterocycles. The number of fused-ring (bicyclic) bond motifs is 1. The van der Waals surface area contributed by atoms with E-state index in [0.29, 0.717) is 19.5 Å². The van der Waals surface area contributed by atoms with Crippen LogP contribution >= 0.6 is 11.3 Å². The number of hydrogen-bond acceptors (Lipinski definition) is 4. The van der Waals surface area contributed by atoms with Gasteiger partial charge in [0.2, 0.25) is 5.91 Å². The van der Waals surface area contributed by atoms with E-state index in [-0.39, 0.29) is 12.1 Å². The Kier molecular flexibility index (Phi) is 6.02. The predicted molar refractivity (Wildman–Crippen MR) is 104 cm³/mol. The van der Waals surface area contributed by atoms with Crippen LogP contribution in [0.1, 0.15) is 34.4 Å². The second-order valence-corrected chi connectivity index (χ2v) is 7.44. The zero-order valence-electron chi connectivity index (χ0n) is 14.4. The number of amides is 1. The molecular weight excluding hydrogens is 330 g/mol. The number of rotatable bonds is 7. The molecule has 5 heteroatoms. The summed E-state index contributed by atoms with van der Waals surface area (Å²) >= 11 is 1.63. The van der Waals surface area contributed by atoms with Crippen LogP contribution in [-0.2, 0) is 24.2 Å². The fourth-order valence-electron chi connectivity index (χ4n) is 3.21. The van der Waals surface area contributed by atoms with E-state index in [4.69, 9.17) is 11.5 Å². The van der Waals surface area contributed by atoms with E-state index in [1.54, 1.807) is 22.3 Å². The Labute approximate surface area is 153 Å². The Morgan fingerprint density at radius 3 is 2.88 bits per heavy atom. The number of carbonyl (C=O) groups is 1. The van der Waals surface area contributed by atoms with Crippen molar-refractivity contribution >= 4 is 23.3 Å². The van der Waals surface area contributed by atoms with E-state index < -0.39 is 0 Å². The minimum absolute atomic E-state index is 0.0742. The van der Waals surface area contributed by atoms with Crippen molar-refractivity contribution in [2.45, 2.75) is 38.4 Å². The Hall–Kier alpha value is -1.95. The topological polar surface area (TPSA) is 72.3 Å². The fourth-order valence-corrected chi connectivity index (χ4v) is 3.92. The number of hydrogen-bond donors (Lipinski definition) is 2. The van der Waals surface area contributed by atoms with Gasteiger partial charge >= 0.3 is 0 Å². The van der Waals surface area contributed by atoms with Gasteiger partial charge in [0.25, 0.3) is 0 Å². The minimum atomic E-state index is -0.371. The monoisotopic (exact) mass is 355 g/mol. The van der Waals surface area contributed by atoms with Crippen molar-refractivity contribution in [1.82, 2.24) is 4.90 Å². The third kappa shape index (κ3) is 4.57. The zero-order chi connectivity index (χ0) is 17.6. The first-order valence-corrected chi connectivity index (χ1v) is 9.64. The van der Waals surface area contributed by atoms with Gasteiger partial charge in [0.05, 0.1) is 12.7 Å². The van der Waals surface area contributed by atoms with Gasteiger partial charge < -0.3 is 16.4 Å². The van der Waals surface area contributed by atoms with Gasteiger partial charge in [-0.15, -0.1) is 11.3 Å². The Balaban J connectivity index is 1.72. The Bertz CT molecular complexity index is 739. The van der Waals surface area contributed by atoms with Gasteiger partial charge in [-0.3, -0.25) is 4.79 Å². The molecule has 1 aromatic heterocycles. The summed E-state index contributed by atoms with van der Waals surface area (Å²) < 4.78 is 0. The summed E-state index contributed by atoms with van der Waals surface area (Å²) in [6.07, 6.45) is 7.26.